The quantitative estimate of drug-likeness (QED) is 0.0683. The molecule has 1 heterocycles. The summed E-state index contributed by atoms with van der Waals surface area (Å²) in [4.78, 5) is 79.1. The molecular weight excluding hydrogens is 831 g/mol. The standard InChI is InChI=1S/C45H41N7O12/c1-62-38-33(17-15-31(36(38)53)43(58)50-34-18-16-32(45(60)61)37(54)39(34)63-2)49-41(56)25-5-11-29(12-6-25)48-44(59)35(19-20-46)51-42(57)26-3-9-28(10-4-26)47-40(55)27-7-13-30(14-8-27)52-21-23-64-24-22-52/h3-18,35,53-54H,19,21-24H2,1-2H3,(H,47,55)(H,48,59)(H,49,56)(H,50,58)(H,51,57)(H,60,61)/t35-/m0/s1. The molecule has 1 aliphatic heterocycles. The minimum atomic E-state index is -1.42. The Balaban J connectivity index is 1.03. The van der Waals surface area contributed by atoms with E-state index in [0.29, 0.717) is 24.5 Å². The number of ether oxygens (including phenoxy) is 3. The van der Waals surface area contributed by atoms with Gasteiger partial charge in [0.15, 0.2) is 23.0 Å². The van der Waals surface area contributed by atoms with Crippen molar-refractivity contribution in [2.75, 3.05) is 66.7 Å². The first-order valence-electron chi connectivity index (χ1n) is 19.4. The molecule has 19 heteroatoms. The van der Waals surface area contributed by atoms with Crippen LogP contribution in [0.2, 0.25) is 0 Å². The monoisotopic (exact) mass is 871 g/mol. The summed E-state index contributed by atoms with van der Waals surface area (Å²) in [5, 5.41) is 52.9. The zero-order valence-electron chi connectivity index (χ0n) is 34.3. The lowest BCUT2D eigenvalue weighted by Gasteiger charge is -2.28. The third kappa shape index (κ3) is 10.4. The van der Waals surface area contributed by atoms with Gasteiger partial charge in [0.25, 0.3) is 23.6 Å². The number of amides is 5. The maximum atomic E-state index is 13.2. The van der Waals surface area contributed by atoms with Crippen LogP contribution in [0.15, 0.2) is 97.1 Å². The van der Waals surface area contributed by atoms with E-state index in [2.05, 4.69) is 31.5 Å². The number of hydrogen-bond donors (Lipinski definition) is 8. The van der Waals surface area contributed by atoms with Crippen LogP contribution in [0.1, 0.15) is 58.2 Å². The Kier molecular flexibility index (Phi) is 14.2. The normalized spacial score (nSPS) is 12.4. The van der Waals surface area contributed by atoms with Gasteiger partial charge in [0, 0.05) is 46.8 Å². The Morgan fingerprint density at radius 2 is 1.11 bits per heavy atom. The van der Waals surface area contributed by atoms with Gasteiger partial charge in [-0.1, -0.05) is 0 Å². The van der Waals surface area contributed by atoms with Crippen LogP contribution in [-0.2, 0) is 9.53 Å². The Hall–Kier alpha value is -8.63. The van der Waals surface area contributed by atoms with Gasteiger partial charge in [-0.3, -0.25) is 24.0 Å². The van der Waals surface area contributed by atoms with Gasteiger partial charge in [0.1, 0.15) is 11.6 Å². The summed E-state index contributed by atoms with van der Waals surface area (Å²) in [6, 6.07) is 24.2. The summed E-state index contributed by atoms with van der Waals surface area (Å²) < 4.78 is 15.7. The van der Waals surface area contributed by atoms with E-state index in [4.69, 9.17) is 14.2 Å². The summed E-state index contributed by atoms with van der Waals surface area (Å²) in [5.41, 5.74) is 1.54. The second-order valence-electron chi connectivity index (χ2n) is 13.9. The third-order valence-corrected chi connectivity index (χ3v) is 9.89. The molecule has 5 aromatic rings. The summed E-state index contributed by atoms with van der Waals surface area (Å²) in [5.74, 6) is -6.61. The van der Waals surface area contributed by atoms with Gasteiger partial charge in [0.05, 0.1) is 56.9 Å². The Labute approximate surface area is 365 Å². The summed E-state index contributed by atoms with van der Waals surface area (Å²) in [6.07, 6.45) is -0.358. The highest BCUT2D eigenvalue weighted by atomic mass is 16.5. The number of carbonyl (C=O) groups excluding carboxylic acids is 5. The van der Waals surface area contributed by atoms with Crippen molar-refractivity contribution in [3.63, 3.8) is 0 Å². The number of nitriles is 1. The number of nitrogens with zero attached hydrogens (tertiary/aromatic N) is 2. The minimum absolute atomic E-state index is 0.0139. The number of nitrogens with one attached hydrogen (secondary N) is 5. The number of rotatable bonds is 15. The lowest BCUT2D eigenvalue weighted by atomic mass is 10.1. The van der Waals surface area contributed by atoms with E-state index in [0.717, 1.165) is 32.0 Å². The van der Waals surface area contributed by atoms with Gasteiger partial charge in [-0.05, 0) is 97.1 Å². The first-order chi connectivity index (χ1) is 30.8. The summed E-state index contributed by atoms with van der Waals surface area (Å²) in [7, 11) is 2.36. The van der Waals surface area contributed by atoms with Crippen LogP contribution in [0.3, 0.4) is 0 Å². The number of hydrogen-bond acceptors (Lipinski definition) is 13. The number of anilines is 5. The molecule has 0 aliphatic carbocycles. The molecule has 64 heavy (non-hydrogen) atoms. The zero-order chi connectivity index (χ0) is 45.9. The molecule has 6 rings (SSSR count). The average molecular weight is 872 g/mol. The number of aromatic carboxylic acids is 1. The maximum Gasteiger partial charge on any atom is 0.339 e. The van der Waals surface area contributed by atoms with Crippen LogP contribution in [0.4, 0.5) is 28.4 Å². The van der Waals surface area contributed by atoms with E-state index in [9.17, 15) is 49.3 Å². The topological polar surface area (TPSA) is 278 Å². The van der Waals surface area contributed by atoms with Gasteiger partial charge in [0.2, 0.25) is 5.91 Å². The molecule has 1 atom stereocenters. The lowest BCUT2D eigenvalue weighted by Crippen LogP contribution is -2.43. The first kappa shape index (κ1) is 44.9. The number of carbonyl (C=O) groups is 6. The smallest absolute Gasteiger partial charge is 0.339 e. The molecule has 1 saturated heterocycles. The molecule has 1 fully saturated rings. The Morgan fingerprint density at radius 3 is 1.64 bits per heavy atom. The third-order valence-electron chi connectivity index (χ3n) is 9.89. The predicted molar refractivity (Wildman–Crippen MR) is 233 cm³/mol. The van der Waals surface area contributed by atoms with E-state index < -0.39 is 52.7 Å². The molecule has 0 unspecified atom stereocenters. The summed E-state index contributed by atoms with van der Waals surface area (Å²) in [6.45, 7) is 2.83. The molecule has 8 N–H and O–H groups in total. The molecule has 0 saturated carbocycles. The van der Waals surface area contributed by atoms with Gasteiger partial charge in [-0.25, -0.2) is 4.79 Å². The number of phenols is 2. The fourth-order valence-electron chi connectivity index (χ4n) is 6.52. The average Bonchev–Trinajstić information content (AvgIpc) is 3.29. The van der Waals surface area contributed by atoms with Gasteiger partial charge < -0.3 is 61.0 Å². The molecule has 0 aromatic heterocycles. The fourth-order valence-corrected chi connectivity index (χ4v) is 6.52. The van der Waals surface area contributed by atoms with Crippen LogP contribution in [0.25, 0.3) is 0 Å². The molecule has 5 aromatic carbocycles. The molecule has 0 spiro atoms. The van der Waals surface area contributed by atoms with E-state index in [1.807, 2.05) is 18.2 Å². The van der Waals surface area contributed by atoms with Crippen LogP contribution >= 0.6 is 0 Å². The summed E-state index contributed by atoms with van der Waals surface area (Å²) >= 11 is 0. The number of phenolic OH excluding ortho intramolecular Hbond substituents is 1. The fraction of sp³-hybridized carbons (Fsp3) is 0.178. The molecule has 328 valence electrons. The molecule has 1 aliphatic rings. The largest absolute Gasteiger partial charge is 0.504 e. The predicted octanol–water partition coefficient (Wildman–Crippen LogP) is 5.06. The Bertz CT molecular complexity index is 2620. The number of aromatic hydroxyl groups is 2. The molecule has 19 nitrogen and oxygen atoms in total. The van der Waals surface area contributed by atoms with Crippen molar-refractivity contribution in [1.82, 2.24) is 5.32 Å². The van der Waals surface area contributed by atoms with Crippen molar-refractivity contribution in [3.05, 3.63) is 125 Å². The Morgan fingerprint density at radius 1 is 0.641 bits per heavy atom. The molecule has 0 bridgehead atoms. The van der Waals surface area contributed by atoms with Crippen molar-refractivity contribution in [3.8, 4) is 29.1 Å². The van der Waals surface area contributed by atoms with Crippen molar-refractivity contribution in [2.45, 2.75) is 12.5 Å². The molecule has 5 amide bonds. The van der Waals surface area contributed by atoms with Gasteiger partial charge >= 0.3 is 5.97 Å². The highest BCUT2D eigenvalue weighted by Crippen LogP contribution is 2.40. The highest BCUT2D eigenvalue weighted by molar-refractivity contribution is 6.10. The number of carboxylic acids is 1. The van der Waals surface area contributed by atoms with Crippen LogP contribution < -0.4 is 41.0 Å². The number of benzene rings is 5. The van der Waals surface area contributed by atoms with Crippen molar-refractivity contribution < 1.29 is 58.3 Å². The molecule has 0 radical (unpaired) electrons. The number of carboxylic acid groups (broad SMARTS) is 1. The second-order valence-corrected chi connectivity index (χ2v) is 13.9. The zero-order valence-corrected chi connectivity index (χ0v) is 34.3. The second kappa shape index (κ2) is 20.3. The van der Waals surface area contributed by atoms with Crippen LogP contribution in [0.5, 0.6) is 23.0 Å². The highest BCUT2D eigenvalue weighted by Gasteiger charge is 2.25. The van der Waals surface area contributed by atoms with E-state index in [-0.39, 0.29) is 57.6 Å². The first-order valence-corrected chi connectivity index (χ1v) is 19.4. The van der Waals surface area contributed by atoms with Crippen molar-refractivity contribution in [1.29, 1.82) is 5.26 Å². The number of morpholine rings is 1. The molecular formula is C45H41N7O12. The van der Waals surface area contributed by atoms with Crippen LogP contribution in [0, 0.1) is 11.3 Å². The van der Waals surface area contributed by atoms with Crippen LogP contribution in [-0.4, -0.2) is 97.4 Å². The lowest BCUT2D eigenvalue weighted by molar-refractivity contribution is -0.117. The van der Waals surface area contributed by atoms with Crippen molar-refractivity contribution in [2.24, 2.45) is 0 Å². The van der Waals surface area contributed by atoms with E-state index in [1.54, 1.807) is 24.3 Å². The van der Waals surface area contributed by atoms with E-state index >= 15 is 0 Å². The van der Waals surface area contributed by atoms with Gasteiger partial charge in [-0.15, -0.1) is 0 Å². The SMILES string of the molecule is COc1c(NC(=O)c2ccc(NC(=O)c3ccc(NC(=O)[C@H](CC#N)NC(=O)c4ccc(NC(=O)c5ccc(N6CCOCC6)cc5)cc4)cc3)c(OC)c2O)ccc(C(=O)O)c1O. The van der Waals surface area contributed by atoms with Gasteiger partial charge in [-0.2, -0.15) is 5.26 Å². The number of methoxy groups -OCH3 is 2. The minimum Gasteiger partial charge on any atom is -0.504 e. The maximum absolute atomic E-state index is 13.2. The van der Waals surface area contributed by atoms with Crippen molar-refractivity contribution >= 4 is 63.9 Å². The van der Waals surface area contributed by atoms with E-state index in [1.165, 1.54) is 61.7 Å².